The highest BCUT2D eigenvalue weighted by Gasteiger charge is 2.25. The lowest BCUT2D eigenvalue weighted by molar-refractivity contribution is -0.123. The molecule has 0 aliphatic carbocycles. The number of carbonyl (C=O) groups excluding carboxylic acids is 1. The average molecular weight is 300 g/mol. The molecule has 0 spiro atoms. The highest BCUT2D eigenvalue weighted by atomic mass is 32.2. The minimum absolute atomic E-state index is 0.0860. The Bertz CT molecular complexity index is 525. The predicted octanol–water partition coefficient (Wildman–Crippen LogP) is 0.451. The first kappa shape index (κ1) is 15.1. The SMILES string of the molecule is CC(NC1CCS(=O)(=O)CC1)C(=O)NCc1ccco1. The van der Waals surface area contributed by atoms with Gasteiger partial charge in [-0.15, -0.1) is 0 Å². The van der Waals surface area contributed by atoms with Crippen LogP contribution in [0.2, 0.25) is 0 Å². The van der Waals surface area contributed by atoms with Gasteiger partial charge in [0.2, 0.25) is 5.91 Å². The fraction of sp³-hybridized carbons (Fsp3) is 0.615. The summed E-state index contributed by atoms with van der Waals surface area (Å²) < 4.78 is 27.8. The van der Waals surface area contributed by atoms with Crippen molar-refractivity contribution in [2.45, 2.75) is 38.4 Å². The van der Waals surface area contributed by atoms with Crippen LogP contribution in [0.1, 0.15) is 25.5 Å². The fourth-order valence-corrected chi connectivity index (χ4v) is 3.72. The number of hydrogen-bond donors (Lipinski definition) is 2. The molecule has 2 N–H and O–H groups in total. The van der Waals surface area contributed by atoms with Crippen LogP contribution in [0.5, 0.6) is 0 Å². The zero-order valence-corrected chi connectivity index (χ0v) is 12.3. The van der Waals surface area contributed by atoms with E-state index >= 15 is 0 Å². The topological polar surface area (TPSA) is 88.4 Å². The minimum Gasteiger partial charge on any atom is -0.467 e. The second-order valence-electron chi connectivity index (χ2n) is 5.11. The summed E-state index contributed by atoms with van der Waals surface area (Å²) in [6, 6.07) is 3.30. The van der Waals surface area contributed by atoms with Crippen LogP contribution in [0.3, 0.4) is 0 Å². The van der Waals surface area contributed by atoms with Gasteiger partial charge in [-0.25, -0.2) is 8.42 Å². The predicted molar refractivity (Wildman–Crippen MR) is 74.8 cm³/mol. The zero-order valence-electron chi connectivity index (χ0n) is 11.5. The highest BCUT2D eigenvalue weighted by Crippen LogP contribution is 2.12. The monoisotopic (exact) mass is 300 g/mol. The lowest BCUT2D eigenvalue weighted by atomic mass is 10.1. The number of hydrogen-bond acceptors (Lipinski definition) is 5. The van der Waals surface area contributed by atoms with Crippen molar-refractivity contribution in [3.63, 3.8) is 0 Å². The van der Waals surface area contributed by atoms with E-state index in [1.807, 2.05) is 0 Å². The third kappa shape index (κ3) is 4.35. The lowest BCUT2D eigenvalue weighted by Gasteiger charge is -2.26. The molecule has 6 nitrogen and oxygen atoms in total. The highest BCUT2D eigenvalue weighted by molar-refractivity contribution is 7.91. The van der Waals surface area contributed by atoms with Gasteiger partial charge in [0.1, 0.15) is 15.6 Å². The number of amides is 1. The molecule has 112 valence electrons. The molecule has 1 aliphatic rings. The van der Waals surface area contributed by atoms with Crippen LogP contribution in [0.4, 0.5) is 0 Å². The van der Waals surface area contributed by atoms with Gasteiger partial charge in [0.15, 0.2) is 0 Å². The Morgan fingerprint density at radius 1 is 1.45 bits per heavy atom. The van der Waals surface area contributed by atoms with Gasteiger partial charge in [-0.3, -0.25) is 4.79 Å². The van der Waals surface area contributed by atoms with Crippen molar-refractivity contribution in [3.05, 3.63) is 24.2 Å². The Hall–Kier alpha value is -1.34. The van der Waals surface area contributed by atoms with Crippen LogP contribution in [0.25, 0.3) is 0 Å². The van der Waals surface area contributed by atoms with E-state index in [1.165, 1.54) is 0 Å². The summed E-state index contributed by atoms with van der Waals surface area (Å²) in [4.78, 5) is 11.9. The van der Waals surface area contributed by atoms with Crippen molar-refractivity contribution in [2.24, 2.45) is 0 Å². The number of furan rings is 1. The smallest absolute Gasteiger partial charge is 0.237 e. The Kier molecular flexibility index (Phi) is 4.82. The van der Waals surface area contributed by atoms with E-state index in [-0.39, 0.29) is 29.5 Å². The molecule has 2 heterocycles. The Morgan fingerprint density at radius 2 is 2.15 bits per heavy atom. The molecule has 0 aromatic carbocycles. The van der Waals surface area contributed by atoms with Crippen molar-refractivity contribution in [1.29, 1.82) is 0 Å². The second kappa shape index (κ2) is 6.41. The zero-order chi connectivity index (χ0) is 14.6. The maximum Gasteiger partial charge on any atom is 0.237 e. The summed E-state index contributed by atoms with van der Waals surface area (Å²) in [5.74, 6) is 0.987. The van der Waals surface area contributed by atoms with Crippen LogP contribution in [0, 0.1) is 0 Å². The first-order valence-electron chi connectivity index (χ1n) is 6.73. The maximum absolute atomic E-state index is 11.9. The van der Waals surface area contributed by atoms with Crippen molar-refractivity contribution in [2.75, 3.05) is 11.5 Å². The van der Waals surface area contributed by atoms with Crippen molar-refractivity contribution < 1.29 is 17.6 Å². The maximum atomic E-state index is 11.9. The molecule has 1 unspecified atom stereocenters. The van der Waals surface area contributed by atoms with Crippen LogP contribution in [0.15, 0.2) is 22.8 Å². The van der Waals surface area contributed by atoms with Crippen molar-refractivity contribution >= 4 is 15.7 Å². The van der Waals surface area contributed by atoms with E-state index in [1.54, 1.807) is 25.3 Å². The molecule has 7 heteroatoms. The Labute approximate surface area is 118 Å². The molecule has 0 radical (unpaired) electrons. The molecule has 0 bridgehead atoms. The Balaban J connectivity index is 1.74. The van der Waals surface area contributed by atoms with Crippen molar-refractivity contribution in [3.8, 4) is 0 Å². The van der Waals surface area contributed by atoms with E-state index in [2.05, 4.69) is 10.6 Å². The van der Waals surface area contributed by atoms with E-state index < -0.39 is 9.84 Å². The van der Waals surface area contributed by atoms with Gasteiger partial charge in [0, 0.05) is 6.04 Å². The van der Waals surface area contributed by atoms with Crippen LogP contribution < -0.4 is 10.6 Å². The molecule has 1 aromatic heterocycles. The normalized spacial score (nSPS) is 20.4. The number of sulfone groups is 1. The average Bonchev–Trinajstić information content (AvgIpc) is 2.91. The number of carbonyl (C=O) groups is 1. The summed E-state index contributed by atoms with van der Waals surface area (Å²) in [7, 11) is -2.86. The summed E-state index contributed by atoms with van der Waals surface area (Å²) >= 11 is 0. The van der Waals surface area contributed by atoms with Gasteiger partial charge in [0.05, 0.1) is 30.4 Å². The van der Waals surface area contributed by atoms with E-state index in [0.29, 0.717) is 25.1 Å². The van der Waals surface area contributed by atoms with Gasteiger partial charge < -0.3 is 15.1 Å². The van der Waals surface area contributed by atoms with Gasteiger partial charge in [-0.05, 0) is 31.9 Å². The molecule has 1 atom stereocenters. The molecule has 1 saturated heterocycles. The molecule has 1 aromatic rings. The minimum atomic E-state index is -2.86. The molecule has 1 amide bonds. The second-order valence-corrected chi connectivity index (χ2v) is 7.42. The number of nitrogens with one attached hydrogen (secondary N) is 2. The first-order chi connectivity index (χ1) is 9.46. The van der Waals surface area contributed by atoms with Gasteiger partial charge >= 0.3 is 0 Å². The summed E-state index contributed by atoms with van der Waals surface area (Å²) in [5, 5.41) is 5.96. The Morgan fingerprint density at radius 3 is 2.75 bits per heavy atom. The molecule has 20 heavy (non-hydrogen) atoms. The fourth-order valence-electron chi connectivity index (χ4n) is 2.23. The summed E-state index contributed by atoms with van der Waals surface area (Å²) in [5.41, 5.74) is 0. The molecular formula is C13H20N2O4S. The van der Waals surface area contributed by atoms with Gasteiger partial charge in [0.25, 0.3) is 0 Å². The van der Waals surface area contributed by atoms with Crippen molar-refractivity contribution in [1.82, 2.24) is 10.6 Å². The van der Waals surface area contributed by atoms with Crippen LogP contribution >= 0.6 is 0 Å². The first-order valence-corrected chi connectivity index (χ1v) is 8.55. The van der Waals surface area contributed by atoms with E-state index in [4.69, 9.17) is 4.42 Å². The van der Waals surface area contributed by atoms with E-state index in [9.17, 15) is 13.2 Å². The summed E-state index contributed by atoms with van der Waals surface area (Å²) in [6.07, 6.45) is 2.70. The standard InChI is InChI=1S/C13H20N2O4S/c1-10(13(16)14-9-12-3-2-6-19-12)15-11-4-7-20(17,18)8-5-11/h2-3,6,10-11,15H,4-5,7-9H2,1H3,(H,14,16). The molecule has 0 saturated carbocycles. The summed E-state index contributed by atoms with van der Waals surface area (Å²) in [6.45, 7) is 2.14. The molecular weight excluding hydrogens is 280 g/mol. The molecule has 2 rings (SSSR count). The van der Waals surface area contributed by atoms with Gasteiger partial charge in [-0.2, -0.15) is 0 Å². The third-order valence-corrected chi connectivity index (χ3v) is 5.17. The van der Waals surface area contributed by atoms with E-state index in [0.717, 1.165) is 0 Å². The van der Waals surface area contributed by atoms with Crippen LogP contribution in [-0.4, -0.2) is 37.9 Å². The lowest BCUT2D eigenvalue weighted by Crippen LogP contribution is -2.48. The third-order valence-electron chi connectivity index (χ3n) is 3.45. The van der Waals surface area contributed by atoms with Crippen LogP contribution in [-0.2, 0) is 21.2 Å². The largest absolute Gasteiger partial charge is 0.467 e. The number of rotatable bonds is 5. The molecule has 1 aliphatic heterocycles. The molecule has 1 fully saturated rings. The van der Waals surface area contributed by atoms with Gasteiger partial charge in [-0.1, -0.05) is 0 Å². The quantitative estimate of drug-likeness (QED) is 0.824.